The molecule has 2 atom stereocenters. The van der Waals surface area contributed by atoms with Gasteiger partial charge in [-0.1, -0.05) is 0 Å². The summed E-state index contributed by atoms with van der Waals surface area (Å²) >= 11 is 0. The van der Waals surface area contributed by atoms with Crippen molar-refractivity contribution in [1.82, 2.24) is 9.88 Å². The molecular formula is C18H23F2N3O2. The molecule has 7 heteroatoms. The van der Waals surface area contributed by atoms with E-state index in [4.69, 9.17) is 4.74 Å². The van der Waals surface area contributed by atoms with E-state index in [9.17, 15) is 13.6 Å². The summed E-state index contributed by atoms with van der Waals surface area (Å²) in [6.07, 6.45) is 4.60. The Labute approximate surface area is 146 Å². The number of ether oxygens (including phenoxy) is 1. The number of carbonyl (C=O) groups excluding carboxylic acids is 1. The maximum Gasteiger partial charge on any atom is 0.258 e. The Morgan fingerprint density at radius 1 is 1.28 bits per heavy atom. The number of rotatable bonds is 2. The molecule has 0 radical (unpaired) electrons. The first kappa shape index (κ1) is 16.7. The standard InChI is InChI=1S/C18H23F2N3O2/c19-18(20)6-9-23(16(24)15-4-2-10-25-15)13-17(18)5-8-22(12-17)14-3-1-7-21-11-14/h1,3,7,11,15H,2,4-6,8-10,12-13H2/t15-,17?/m0/s1. The van der Waals surface area contributed by atoms with E-state index in [0.29, 0.717) is 26.0 Å². The molecule has 1 aromatic rings. The average Bonchev–Trinajstić information content (AvgIpc) is 3.29. The second-order valence-electron chi connectivity index (χ2n) is 7.38. The smallest absolute Gasteiger partial charge is 0.258 e. The van der Waals surface area contributed by atoms with Gasteiger partial charge in [0.1, 0.15) is 6.10 Å². The van der Waals surface area contributed by atoms with E-state index in [2.05, 4.69) is 4.98 Å². The molecule has 4 heterocycles. The van der Waals surface area contributed by atoms with Gasteiger partial charge in [-0.3, -0.25) is 9.78 Å². The first-order valence-corrected chi connectivity index (χ1v) is 8.94. The van der Waals surface area contributed by atoms with Crippen molar-refractivity contribution in [2.45, 2.75) is 37.7 Å². The fraction of sp³-hybridized carbons (Fsp3) is 0.667. The number of likely N-dealkylation sites (tertiary alicyclic amines) is 1. The minimum absolute atomic E-state index is 0.107. The minimum Gasteiger partial charge on any atom is -0.369 e. The number of pyridine rings is 1. The summed E-state index contributed by atoms with van der Waals surface area (Å²) in [5.41, 5.74) is -0.326. The van der Waals surface area contributed by atoms with Crippen LogP contribution in [0.15, 0.2) is 24.5 Å². The molecular weight excluding hydrogens is 328 g/mol. The van der Waals surface area contributed by atoms with Gasteiger partial charge in [-0.15, -0.1) is 0 Å². The van der Waals surface area contributed by atoms with Gasteiger partial charge in [0.15, 0.2) is 0 Å². The SMILES string of the molecule is O=C([C@@H]1CCCO1)N1CCC(F)(F)C2(CCN(c3cccnc3)C2)C1. The molecule has 0 bridgehead atoms. The number of halogens is 2. The predicted molar refractivity (Wildman–Crippen MR) is 88.6 cm³/mol. The fourth-order valence-corrected chi connectivity index (χ4v) is 4.33. The van der Waals surface area contributed by atoms with E-state index in [1.54, 1.807) is 17.3 Å². The zero-order valence-electron chi connectivity index (χ0n) is 14.2. The lowest BCUT2D eigenvalue weighted by molar-refractivity contribution is -0.173. The van der Waals surface area contributed by atoms with E-state index in [0.717, 1.165) is 12.1 Å². The summed E-state index contributed by atoms with van der Waals surface area (Å²) in [6, 6.07) is 3.70. The molecule has 0 saturated carbocycles. The molecule has 0 aromatic carbocycles. The summed E-state index contributed by atoms with van der Waals surface area (Å²) in [7, 11) is 0. The number of carbonyl (C=O) groups is 1. The van der Waals surface area contributed by atoms with Crippen LogP contribution in [0.2, 0.25) is 0 Å². The van der Waals surface area contributed by atoms with Crippen LogP contribution in [0.25, 0.3) is 0 Å². The number of alkyl halides is 2. The van der Waals surface area contributed by atoms with Crippen molar-refractivity contribution in [1.29, 1.82) is 0 Å². The first-order valence-electron chi connectivity index (χ1n) is 8.94. The summed E-state index contributed by atoms with van der Waals surface area (Å²) < 4.78 is 35.2. The van der Waals surface area contributed by atoms with Crippen molar-refractivity contribution in [3.8, 4) is 0 Å². The minimum atomic E-state index is -2.77. The van der Waals surface area contributed by atoms with Crippen LogP contribution < -0.4 is 4.90 Å². The Morgan fingerprint density at radius 3 is 2.88 bits per heavy atom. The summed E-state index contributed by atoms with van der Waals surface area (Å²) in [6.45, 7) is 1.61. The molecule has 3 saturated heterocycles. The molecule has 3 aliphatic rings. The number of piperidine rings is 1. The fourth-order valence-electron chi connectivity index (χ4n) is 4.33. The third-order valence-electron chi connectivity index (χ3n) is 5.85. The van der Waals surface area contributed by atoms with Gasteiger partial charge in [0.25, 0.3) is 11.8 Å². The quantitative estimate of drug-likeness (QED) is 0.820. The van der Waals surface area contributed by atoms with Crippen LogP contribution in [-0.4, -0.2) is 60.6 Å². The van der Waals surface area contributed by atoms with Gasteiger partial charge >= 0.3 is 0 Å². The van der Waals surface area contributed by atoms with Gasteiger partial charge in [0.05, 0.1) is 17.3 Å². The lowest BCUT2D eigenvalue weighted by atomic mass is 9.75. The molecule has 1 aromatic heterocycles. The van der Waals surface area contributed by atoms with Crippen LogP contribution in [0.5, 0.6) is 0 Å². The number of hydrogen-bond donors (Lipinski definition) is 0. The van der Waals surface area contributed by atoms with E-state index in [1.165, 1.54) is 0 Å². The monoisotopic (exact) mass is 351 g/mol. The molecule has 136 valence electrons. The molecule has 5 nitrogen and oxygen atoms in total. The van der Waals surface area contributed by atoms with Crippen molar-refractivity contribution in [2.75, 3.05) is 37.7 Å². The second-order valence-corrected chi connectivity index (χ2v) is 7.38. The summed E-state index contributed by atoms with van der Waals surface area (Å²) in [4.78, 5) is 20.3. The van der Waals surface area contributed by atoms with E-state index in [-0.39, 0.29) is 32.0 Å². The number of anilines is 1. The Kier molecular flexibility index (Phi) is 4.14. The average molecular weight is 351 g/mol. The molecule has 1 amide bonds. The Balaban J connectivity index is 1.53. The van der Waals surface area contributed by atoms with Gasteiger partial charge in [-0.25, -0.2) is 8.78 Å². The lowest BCUT2D eigenvalue weighted by Gasteiger charge is -2.46. The van der Waals surface area contributed by atoms with Gasteiger partial charge in [0.2, 0.25) is 0 Å². The highest BCUT2D eigenvalue weighted by atomic mass is 19.3. The van der Waals surface area contributed by atoms with Crippen molar-refractivity contribution in [2.24, 2.45) is 5.41 Å². The van der Waals surface area contributed by atoms with Crippen LogP contribution in [0, 0.1) is 5.41 Å². The predicted octanol–water partition coefficient (Wildman–Crippen LogP) is 2.32. The van der Waals surface area contributed by atoms with E-state index < -0.39 is 17.4 Å². The first-order chi connectivity index (χ1) is 12.0. The molecule has 1 spiro atoms. The zero-order chi connectivity index (χ0) is 17.5. The third kappa shape index (κ3) is 2.88. The third-order valence-corrected chi connectivity index (χ3v) is 5.85. The topological polar surface area (TPSA) is 45.7 Å². The maximum atomic E-state index is 14.9. The normalized spacial score (nSPS) is 31.7. The Bertz CT molecular complexity index is 636. The highest BCUT2D eigenvalue weighted by Gasteiger charge is 2.60. The van der Waals surface area contributed by atoms with Crippen LogP contribution in [0.4, 0.5) is 14.5 Å². The molecule has 25 heavy (non-hydrogen) atoms. The molecule has 1 unspecified atom stereocenters. The van der Waals surface area contributed by atoms with Gasteiger partial charge in [0, 0.05) is 45.4 Å². The highest BCUT2D eigenvalue weighted by molar-refractivity contribution is 5.81. The lowest BCUT2D eigenvalue weighted by Crippen LogP contribution is -2.59. The molecule has 3 aliphatic heterocycles. The Morgan fingerprint density at radius 2 is 2.16 bits per heavy atom. The van der Waals surface area contributed by atoms with Crippen LogP contribution in [0.1, 0.15) is 25.7 Å². The Hall–Kier alpha value is -1.76. The second kappa shape index (κ2) is 6.20. The number of hydrogen-bond acceptors (Lipinski definition) is 4. The zero-order valence-corrected chi connectivity index (χ0v) is 14.2. The van der Waals surface area contributed by atoms with E-state index in [1.807, 2.05) is 17.0 Å². The summed E-state index contributed by atoms with van der Waals surface area (Å²) in [5.74, 6) is -2.88. The largest absolute Gasteiger partial charge is 0.369 e. The van der Waals surface area contributed by atoms with E-state index >= 15 is 0 Å². The van der Waals surface area contributed by atoms with Crippen LogP contribution >= 0.6 is 0 Å². The van der Waals surface area contributed by atoms with Crippen molar-refractivity contribution in [3.05, 3.63) is 24.5 Å². The highest BCUT2D eigenvalue weighted by Crippen LogP contribution is 2.50. The van der Waals surface area contributed by atoms with Gasteiger partial charge in [-0.2, -0.15) is 0 Å². The van der Waals surface area contributed by atoms with Crippen LogP contribution in [-0.2, 0) is 9.53 Å². The molecule has 0 N–H and O–H groups in total. The number of aromatic nitrogens is 1. The summed E-state index contributed by atoms with van der Waals surface area (Å²) in [5, 5.41) is 0. The van der Waals surface area contributed by atoms with Gasteiger partial charge < -0.3 is 14.5 Å². The van der Waals surface area contributed by atoms with Crippen molar-refractivity contribution < 1.29 is 18.3 Å². The molecule has 3 fully saturated rings. The van der Waals surface area contributed by atoms with Gasteiger partial charge in [-0.05, 0) is 31.4 Å². The molecule has 4 rings (SSSR count). The number of nitrogens with zero attached hydrogens (tertiary/aromatic N) is 3. The van der Waals surface area contributed by atoms with Crippen LogP contribution in [0.3, 0.4) is 0 Å². The van der Waals surface area contributed by atoms with Crippen molar-refractivity contribution >= 4 is 11.6 Å². The molecule has 0 aliphatic carbocycles. The number of amides is 1. The van der Waals surface area contributed by atoms with Crippen molar-refractivity contribution in [3.63, 3.8) is 0 Å². The maximum absolute atomic E-state index is 14.9.